The van der Waals surface area contributed by atoms with Gasteiger partial charge in [0.2, 0.25) is 0 Å². The number of aliphatic carboxylic acids is 1. The zero-order valence-electron chi connectivity index (χ0n) is 11.3. The minimum atomic E-state index is -0.944. The number of carbonyl (C=O) groups is 2. The van der Waals surface area contributed by atoms with Gasteiger partial charge in [0, 0.05) is 12.3 Å². The molecule has 2 rings (SSSR count). The molecular formula is C14H18N2O3S. The second-order valence-corrected chi connectivity index (χ2v) is 6.01. The normalized spacial score (nSPS) is 21.8. The van der Waals surface area contributed by atoms with Crippen molar-refractivity contribution in [1.29, 1.82) is 0 Å². The van der Waals surface area contributed by atoms with E-state index in [1.165, 1.54) is 16.7 Å². The molecular weight excluding hydrogens is 276 g/mol. The van der Waals surface area contributed by atoms with E-state index in [0.29, 0.717) is 12.3 Å². The Kier molecular flexibility index (Phi) is 4.89. The SMILES string of the molecule is CC1SCC(C(=O)O)N1C(=O)NCCc1ccccc1. The molecule has 0 saturated carbocycles. The molecule has 0 aliphatic carbocycles. The van der Waals surface area contributed by atoms with Crippen LogP contribution in [0, 0.1) is 0 Å². The van der Waals surface area contributed by atoms with Crippen molar-refractivity contribution in [2.45, 2.75) is 24.8 Å². The van der Waals surface area contributed by atoms with Crippen LogP contribution in [0.25, 0.3) is 0 Å². The molecule has 1 saturated heterocycles. The third-order valence-corrected chi connectivity index (χ3v) is 4.49. The molecule has 6 heteroatoms. The second kappa shape index (κ2) is 6.65. The van der Waals surface area contributed by atoms with Gasteiger partial charge >= 0.3 is 12.0 Å². The maximum absolute atomic E-state index is 12.1. The number of amides is 2. The lowest BCUT2D eigenvalue weighted by Gasteiger charge is -2.25. The average molecular weight is 294 g/mol. The molecule has 2 atom stereocenters. The summed E-state index contributed by atoms with van der Waals surface area (Å²) in [6.45, 7) is 2.35. The fourth-order valence-electron chi connectivity index (χ4n) is 2.19. The highest BCUT2D eigenvalue weighted by Crippen LogP contribution is 2.28. The number of urea groups is 1. The second-order valence-electron chi connectivity index (χ2n) is 4.66. The minimum absolute atomic E-state index is 0.104. The first-order valence-electron chi connectivity index (χ1n) is 6.54. The van der Waals surface area contributed by atoms with Crippen LogP contribution in [0.1, 0.15) is 12.5 Å². The van der Waals surface area contributed by atoms with Gasteiger partial charge in [0.1, 0.15) is 6.04 Å². The molecule has 0 aromatic heterocycles. The molecule has 1 aliphatic rings. The maximum atomic E-state index is 12.1. The van der Waals surface area contributed by atoms with Crippen molar-refractivity contribution < 1.29 is 14.7 Å². The Hall–Kier alpha value is -1.69. The van der Waals surface area contributed by atoms with Gasteiger partial charge in [-0.25, -0.2) is 9.59 Å². The van der Waals surface area contributed by atoms with Gasteiger partial charge in [-0.15, -0.1) is 11.8 Å². The van der Waals surface area contributed by atoms with Crippen LogP contribution in [0.2, 0.25) is 0 Å². The molecule has 1 aromatic rings. The Morgan fingerprint density at radius 2 is 2.10 bits per heavy atom. The van der Waals surface area contributed by atoms with Crippen molar-refractivity contribution in [2.24, 2.45) is 0 Å². The largest absolute Gasteiger partial charge is 0.480 e. The van der Waals surface area contributed by atoms with Crippen LogP contribution >= 0.6 is 11.8 Å². The van der Waals surface area contributed by atoms with E-state index in [1.54, 1.807) is 0 Å². The summed E-state index contributed by atoms with van der Waals surface area (Å²) in [5.74, 6) is -0.497. The Morgan fingerprint density at radius 1 is 1.40 bits per heavy atom. The van der Waals surface area contributed by atoms with Crippen LogP contribution in [0.15, 0.2) is 30.3 Å². The number of hydrogen-bond donors (Lipinski definition) is 2. The standard InChI is InChI=1S/C14H18N2O3S/c1-10-16(12(9-20-10)13(17)18)14(19)15-8-7-11-5-3-2-4-6-11/h2-6,10,12H,7-9H2,1H3,(H,15,19)(H,17,18). The van der Waals surface area contributed by atoms with Crippen LogP contribution < -0.4 is 5.32 Å². The number of carboxylic acid groups (broad SMARTS) is 1. The molecule has 2 unspecified atom stereocenters. The molecule has 108 valence electrons. The van der Waals surface area contributed by atoms with Crippen molar-refractivity contribution >= 4 is 23.8 Å². The maximum Gasteiger partial charge on any atom is 0.327 e. The molecule has 20 heavy (non-hydrogen) atoms. The first kappa shape index (κ1) is 14.7. The predicted octanol–water partition coefficient (Wildman–Crippen LogP) is 1.79. The fourth-order valence-corrected chi connectivity index (χ4v) is 3.36. The highest BCUT2D eigenvalue weighted by atomic mass is 32.2. The Balaban J connectivity index is 1.86. The van der Waals surface area contributed by atoms with Gasteiger partial charge in [0.15, 0.2) is 0 Å². The summed E-state index contributed by atoms with van der Waals surface area (Å²) in [4.78, 5) is 24.6. The van der Waals surface area contributed by atoms with Crippen molar-refractivity contribution in [2.75, 3.05) is 12.3 Å². The van der Waals surface area contributed by atoms with Crippen LogP contribution in [0.5, 0.6) is 0 Å². The Labute approximate surface area is 122 Å². The number of carbonyl (C=O) groups excluding carboxylic acids is 1. The first-order valence-corrected chi connectivity index (χ1v) is 7.59. The van der Waals surface area contributed by atoms with E-state index >= 15 is 0 Å². The molecule has 0 radical (unpaired) electrons. The summed E-state index contributed by atoms with van der Waals surface area (Å²) in [5.41, 5.74) is 1.14. The lowest BCUT2D eigenvalue weighted by molar-refractivity contribution is -0.141. The van der Waals surface area contributed by atoms with E-state index in [-0.39, 0.29) is 11.4 Å². The zero-order chi connectivity index (χ0) is 14.5. The van der Waals surface area contributed by atoms with Crippen molar-refractivity contribution in [3.05, 3.63) is 35.9 Å². The highest BCUT2D eigenvalue weighted by Gasteiger charge is 2.39. The number of hydrogen-bond acceptors (Lipinski definition) is 3. The highest BCUT2D eigenvalue weighted by molar-refractivity contribution is 8.00. The molecule has 0 bridgehead atoms. The van der Waals surface area contributed by atoms with Gasteiger partial charge in [0.25, 0.3) is 0 Å². The van der Waals surface area contributed by atoms with Crippen LogP contribution in [0.3, 0.4) is 0 Å². The van der Waals surface area contributed by atoms with E-state index in [4.69, 9.17) is 5.11 Å². The Morgan fingerprint density at radius 3 is 2.75 bits per heavy atom. The van der Waals surface area contributed by atoms with Gasteiger partial charge in [0.05, 0.1) is 5.37 Å². The summed E-state index contributed by atoms with van der Waals surface area (Å²) in [6, 6.07) is 8.83. The zero-order valence-corrected chi connectivity index (χ0v) is 12.1. The number of nitrogens with zero attached hydrogens (tertiary/aromatic N) is 1. The van der Waals surface area contributed by atoms with Gasteiger partial charge in [-0.3, -0.25) is 4.90 Å². The van der Waals surface area contributed by atoms with E-state index in [9.17, 15) is 9.59 Å². The molecule has 1 aliphatic heterocycles. The number of thioether (sulfide) groups is 1. The average Bonchev–Trinajstić information content (AvgIpc) is 2.82. The molecule has 2 amide bonds. The van der Waals surface area contributed by atoms with Crippen molar-refractivity contribution in [3.63, 3.8) is 0 Å². The first-order chi connectivity index (χ1) is 9.59. The fraction of sp³-hybridized carbons (Fsp3) is 0.429. The molecule has 1 heterocycles. The summed E-state index contributed by atoms with van der Waals surface area (Å²) >= 11 is 1.48. The third kappa shape index (κ3) is 3.45. The summed E-state index contributed by atoms with van der Waals surface area (Å²) in [6.07, 6.45) is 0.736. The summed E-state index contributed by atoms with van der Waals surface area (Å²) in [5, 5.41) is 11.8. The number of nitrogens with one attached hydrogen (secondary N) is 1. The summed E-state index contributed by atoms with van der Waals surface area (Å²) < 4.78 is 0. The molecule has 5 nitrogen and oxygen atoms in total. The monoisotopic (exact) mass is 294 g/mol. The Bertz CT molecular complexity index is 481. The molecule has 2 N–H and O–H groups in total. The van der Waals surface area contributed by atoms with Crippen LogP contribution in [0.4, 0.5) is 4.79 Å². The van der Waals surface area contributed by atoms with E-state index < -0.39 is 12.0 Å². The third-order valence-electron chi connectivity index (χ3n) is 3.28. The number of carboxylic acids is 1. The quantitative estimate of drug-likeness (QED) is 0.888. The predicted molar refractivity (Wildman–Crippen MR) is 78.7 cm³/mol. The van der Waals surface area contributed by atoms with Crippen LogP contribution in [-0.2, 0) is 11.2 Å². The van der Waals surface area contributed by atoms with Gasteiger partial charge < -0.3 is 10.4 Å². The van der Waals surface area contributed by atoms with Crippen molar-refractivity contribution in [1.82, 2.24) is 10.2 Å². The summed E-state index contributed by atoms with van der Waals surface area (Å²) in [7, 11) is 0. The molecule has 0 spiro atoms. The van der Waals surface area contributed by atoms with E-state index in [1.807, 2.05) is 37.3 Å². The lowest BCUT2D eigenvalue weighted by Crippen LogP contribution is -2.49. The van der Waals surface area contributed by atoms with E-state index in [0.717, 1.165) is 12.0 Å². The van der Waals surface area contributed by atoms with E-state index in [2.05, 4.69) is 5.32 Å². The van der Waals surface area contributed by atoms with Crippen LogP contribution in [-0.4, -0.2) is 45.7 Å². The number of benzene rings is 1. The van der Waals surface area contributed by atoms with Gasteiger partial charge in [-0.2, -0.15) is 0 Å². The topological polar surface area (TPSA) is 69.6 Å². The molecule has 1 aromatic carbocycles. The minimum Gasteiger partial charge on any atom is -0.480 e. The lowest BCUT2D eigenvalue weighted by atomic mass is 10.1. The molecule has 1 fully saturated rings. The van der Waals surface area contributed by atoms with Gasteiger partial charge in [-0.1, -0.05) is 30.3 Å². The van der Waals surface area contributed by atoms with Crippen molar-refractivity contribution in [3.8, 4) is 0 Å². The smallest absolute Gasteiger partial charge is 0.327 e. The number of rotatable bonds is 4. The van der Waals surface area contributed by atoms with Gasteiger partial charge in [-0.05, 0) is 18.9 Å².